The van der Waals surface area contributed by atoms with Crippen molar-refractivity contribution >= 4 is 5.97 Å². The normalized spacial score (nSPS) is 14.4. The fourth-order valence-corrected chi connectivity index (χ4v) is 2.18. The second kappa shape index (κ2) is 9.81. The maximum absolute atomic E-state index is 11.9. The number of hydrogen-bond donors (Lipinski definition) is 1. The highest BCUT2D eigenvalue weighted by Gasteiger charge is 2.25. The summed E-state index contributed by atoms with van der Waals surface area (Å²) in [5, 5.41) is 0. The number of benzene rings is 2. The van der Waals surface area contributed by atoms with Gasteiger partial charge in [-0.05, 0) is 31.5 Å². The Morgan fingerprint density at radius 2 is 1.60 bits per heavy atom. The predicted molar refractivity (Wildman–Crippen MR) is 96.2 cm³/mol. The number of rotatable bonds is 9. The van der Waals surface area contributed by atoms with Crippen molar-refractivity contribution in [2.75, 3.05) is 6.61 Å². The Morgan fingerprint density at radius 3 is 2.20 bits per heavy atom. The molecule has 0 spiro atoms. The minimum Gasteiger partial charge on any atom is -0.487 e. The zero-order chi connectivity index (χ0) is 18.1. The smallest absolute Gasteiger partial charge is 0.323 e. The van der Waals surface area contributed by atoms with Gasteiger partial charge in [-0.2, -0.15) is 0 Å². The molecule has 0 bridgehead atoms. The molecule has 5 nitrogen and oxygen atoms in total. The van der Waals surface area contributed by atoms with E-state index in [4.69, 9.17) is 19.9 Å². The van der Waals surface area contributed by atoms with E-state index in [1.54, 1.807) is 6.92 Å². The van der Waals surface area contributed by atoms with Crippen LogP contribution in [0.25, 0.3) is 0 Å². The second-order valence-corrected chi connectivity index (χ2v) is 5.90. The second-order valence-electron chi connectivity index (χ2n) is 5.90. The summed E-state index contributed by atoms with van der Waals surface area (Å²) in [5.74, 6) is 0.233. The summed E-state index contributed by atoms with van der Waals surface area (Å²) in [7, 11) is 0. The van der Waals surface area contributed by atoms with Crippen LogP contribution in [-0.4, -0.2) is 30.8 Å². The van der Waals surface area contributed by atoms with Crippen LogP contribution in [0, 0.1) is 0 Å². The number of nitrogens with two attached hydrogens (primary N) is 1. The van der Waals surface area contributed by atoms with E-state index in [2.05, 4.69) is 0 Å². The van der Waals surface area contributed by atoms with Gasteiger partial charge in [0.05, 0.1) is 13.2 Å². The summed E-state index contributed by atoms with van der Waals surface area (Å²) < 4.78 is 17.1. The fourth-order valence-electron chi connectivity index (χ4n) is 2.18. The van der Waals surface area contributed by atoms with Gasteiger partial charge in [-0.3, -0.25) is 4.79 Å². The van der Waals surface area contributed by atoms with Crippen LogP contribution in [0.15, 0.2) is 60.7 Å². The van der Waals surface area contributed by atoms with Crippen molar-refractivity contribution in [2.45, 2.75) is 38.7 Å². The molecule has 0 aromatic heterocycles. The van der Waals surface area contributed by atoms with E-state index in [1.165, 1.54) is 0 Å². The molecule has 3 atom stereocenters. The van der Waals surface area contributed by atoms with Crippen molar-refractivity contribution in [3.63, 3.8) is 0 Å². The highest BCUT2D eigenvalue weighted by Crippen LogP contribution is 2.15. The number of esters is 1. The van der Waals surface area contributed by atoms with Gasteiger partial charge < -0.3 is 19.9 Å². The van der Waals surface area contributed by atoms with Crippen molar-refractivity contribution in [1.82, 2.24) is 0 Å². The highest BCUT2D eigenvalue weighted by molar-refractivity contribution is 5.75. The summed E-state index contributed by atoms with van der Waals surface area (Å²) in [6.45, 7) is 4.09. The summed E-state index contributed by atoms with van der Waals surface area (Å²) in [6, 6.07) is 18.5. The molecule has 0 aliphatic rings. The molecule has 2 aromatic rings. The molecule has 25 heavy (non-hydrogen) atoms. The SMILES string of the molecule is C[C@H](N)C(=O)O[C@H](COCc1ccccc1)[C@H](C)Oc1ccccc1. The molecule has 0 saturated heterocycles. The average Bonchev–Trinajstić information content (AvgIpc) is 2.62. The van der Waals surface area contributed by atoms with Crippen molar-refractivity contribution in [2.24, 2.45) is 5.73 Å². The molecule has 0 unspecified atom stereocenters. The van der Waals surface area contributed by atoms with E-state index in [0.717, 1.165) is 5.56 Å². The Bertz CT molecular complexity index is 631. The maximum Gasteiger partial charge on any atom is 0.323 e. The lowest BCUT2D eigenvalue weighted by molar-refractivity contribution is -0.159. The number of carbonyl (C=O) groups excluding carboxylic acids is 1. The summed E-state index contributed by atoms with van der Waals surface area (Å²) >= 11 is 0. The zero-order valence-corrected chi connectivity index (χ0v) is 14.6. The lowest BCUT2D eigenvalue weighted by atomic mass is 10.2. The average molecular weight is 343 g/mol. The standard InChI is InChI=1S/C20H25NO4/c1-15(21)20(22)25-19(14-23-13-17-9-5-3-6-10-17)16(2)24-18-11-7-4-8-12-18/h3-12,15-16,19H,13-14,21H2,1-2H3/t15-,16-,19+/m0/s1. The van der Waals surface area contributed by atoms with Crippen LogP contribution < -0.4 is 10.5 Å². The minimum atomic E-state index is -0.694. The third-order valence-electron chi connectivity index (χ3n) is 3.62. The van der Waals surface area contributed by atoms with Gasteiger partial charge in [0.25, 0.3) is 0 Å². The zero-order valence-electron chi connectivity index (χ0n) is 14.6. The molecule has 0 fully saturated rings. The van der Waals surface area contributed by atoms with Gasteiger partial charge in [-0.25, -0.2) is 0 Å². The molecule has 0 amide bonds. The van der Waals surface area contributed by atoms with Crippen LogP contribution in [0.2, 0.25) is 0 Å². The molecule has 134 valence electrons. The van der Waals surface area contributed by atoms with Gasteiger partial charge in [0.15, 0.2) is 6.10 Å². The summed E-state index contributed by atoms with van der Waals surface area (Å²) in [4.78, 5) is 11.9. The number of para-hydroxylation sites is 1. The van der Waals surface area contributed by atoms with Crippen LogP contribution in [0.3, 0.4) is 0 Å². The molecule has 0 heterocycles. The molecule has 2 rings (SSSR count). The minimum absolute atomic E-state index is 0.224. The Hall–Kier alpha value is -2.37. The lowest BCUT2D eigenvalue weighted by Gasteiger charge is -2.25. The van der Waals surface area contributed by atoms with Gasteiger partial charge in [0.1, 0.15) is 17.9 Å². The predicted octanol–water partition coefficient (Wildman–Crippen LogP) is 2.93. The lowest BCUT2D eigenvalue weighted by Crippen LogP contribution is -2.41. The van der Waals surface area contributed by atoms with Crippen molar-refractivity contribution in [3.05, 3.63) is 66.2 Å². The van der Waals surface area contributed by atoms with Crippen LogP contribution in [0.1, 0.15) is 19.4 Å². The van der Waals surface area contributed by atoms with Crippen LogP contribution in [0.5, 0.6) is 5.75 Å². The Balaban J connectivity index is 1.95. The molecule has 2 N–H and O–H groups in total. The number of hydrogen-bond acceptors (Lipinski definition) is 5. The van der Waals surface area contributed by atoms with Crippen LogP contribution in [-0.2, 0) is 20.9 Å². The monoisotopic (exact) mass is 343 g/mol. The first kappa shape index (κ1) is 19.0. The van der Waals surface area contributed by atoms with Crippen molar-refractivity contribution in [1.29, 1.82) is 0 Å². The first-order valence-corrected chi connectivity index (χ1v) is 8.35. The number of carbonyl (C=O) groups is 1. The number of ether oxygens (including phenoxy) is 3. The summed E-state index contributed by atoms with van der Waals surface area (Å²) in [5.41, 5.74) is 6.65. The summed E-state index contributed by atoms with van der Waals surface area (Å²) in [6.07, 6.45) is -0.928. The molecule has 0 aliphatic carbocycles. The maximum atomic E-state index is 11.9. The molecule has 0 radical (unpaired) electrons. The van der Waals surface area contributed by atoms with E-state index in [-0.39, 0.29) is 12.7 Å². The molecule has 0 aliphatic heterocycles. The largest absolute Gasteiger partial charge is 0.487 e. The molecular weight excluding hydrogens is 318 g/mol. The molecule has 0 saturated carbocycles. The van der Waals surface area contributed by atoms with Gasteiger partial charge in [0, 0.05) is 0 Å². The molecule has 2 aromatic carbocycles. The topological polar surface area (TPSA) is 70.8 Å². The first-order chi connectivity index (χ1) is 12.1. The van der Waals surface area contributed by atoms with E-state index in [9.17, 15) is 4.79 Å². The third kappa shape index (κ3) is 6.57. The highest BCUT2D eigenvalue weighted by atomic mass is 16.6. The van der Waals surface area contributed by atoms with E-state index in [1.807, 2.05) is 67.6 Å². The molecular formula is C20H25NO4. The van der Waals surface area contributed by atoms with Gasteiger partial charge >= 0.3 is 5.97 Å². The Kier molecular flexibility index (Phi) is 7.44. The molecule has 5 heteroatoms. The Morgan fingerprint density at radius 1 is 1.00 bits per heavy atom. The van der Waals surface area contributed by atoms with E-state index in [0.29, 0.717) is 12.4 Å². The van der Waals surface area contributed by atoms with Crippen molar-refractivity contribution < 1.29 is 19.0 Å². The third-order valence-corrected chi connectivity index (χ3v) is 3.62. The first-order valence-electron chi connectivity index (χ1n) is 8.35. The fraction of sp³-hybridized carbons (Fsp3) is 0.350. The quantitative estimate of drug-likeness (QED) is 0.709. The van der Waals surface area contributed by atoms with Crippen LogP contribution >= 0.6 is 0 Å². The van der Waals surface area contributed by atoms with Gasteiger partial charge in [-0.15, -0.1) is 0 Å². The van der Waals surface area contributed by atoms with Gasteiger partial charge in [0.2, 0.25) is 0 Å². The Labute approximate surface area is 148 Å². The van der Waals surface area contributed by atoms with E-state index < -0.39 is 18.1 Å². The van der Waals surface area contributed by atoms with Crippen LogP contribution in [0.4, 0.5) is 0 Å². The van der Waals surface area contributed by atoms with Gasteiger partial charge in [-0.1, -0.05) is 48.5 Å². The van der Waals surface area contributed by atoms with Crippen molar-refractivity contribution in [3.8, 4) is 5.75 Å². The van der Waals surface area contributed by atoms with E-state index >= 15 is 0 Å².